The SMILES string of the molecule is COc1ccc(S(N)(=O)=O)cc1C(=O)NC(CC1CCCCC1)C1CCCN1. The van der Waals surface area contributed by atoms with Gasteiger partial charge in [-0.25, -0.2) is 13.6 Å². The molecule has 2 unspecified atom stereocenters. The number of ether oxygens (including phenoxy) is 1. The molecule has 3 rings (SSSR count). The van der Waals surface area contributed by atoms with Crippen molar-refractivity contribution in [2.45, 2.75) is 68.3 Å². The fraction of sp³-hybridized carbons (Fsp3) is 0.650. The van der Waals surface area contributed by atoms with Gasteiger partial charge < -0.3 is 15.4 Å². The number of benzene rings is 1. The predicted molar refractivity (Wildman–Crippen MR) is 108 cm³/mol. The highest BCUT2D eigenvalue weighted by Gasteiger charge is 2.30. The third-order valence-corrected chi connectivity index (χ3v) is 6.87. The van der Waals surface area contributed by atoms with Gasteiger partial charge in [0.05, 0.1) is 17.6 Å². The Morgan fingerprint density at radius 1 is 1.25 bits per heavy atom. The molecule has 2 atom stereocenters. The average molecular weight is 410 g/mol. The van der Waals surface area contributed by atoms with Crippen molar-refractivity contribution in [3.05, 3.63) is 23.8 Å². The Morgan fingerprint density at radius 2 is 2.00 bits per heavy atom. The minimum atomic E-state index is -3.90. The molecule has 2 aliphatic rings. The predicted octanol–water partition coefficient (Wildman–Crippen LogP) is 2.16. The Labute approximate surface area is 167 Å². The van der Waals surface area contributed by atoms with Gasteiger partial charge in [0.1, 0.15) is 5.75 Å². The Balaban J connectivity index is 1.80. The van der Waals surface area contributed by atoms with Gasteiger partial charge in [0.15, 0.2) is 0 Å². The molecule has 0 aromatic heterocycles. The summed E-state index contributed by atoms with van der Waals surface area (Å²) in [6.45, 7) is 0.964. The molecule has 7 nitrogen and oxygen atoms in total. The maximum atomic E-state index is 13.1. The third-order valence-electron chi connectivity index (χ3n) is 5.96. The highest BCUT2D eigenvalue weighted by atomic mass is 32.2. The number of methoxy groups -OCH3 is 1. The number of primary sulfonamides is 1. The molecular weight excluding hydrogens is 378 g/mol. The van der Waals surface area contributed by atoms with Gasteiger partial charge in [-0.3, -0.25) is 4.79 Å². The normalized spacial score (nSPS) is 22.0. The maximum absolute atomic E-state index is 13.1. The summed E-state index contributed by atoms with van der Waals surface area (Å²) in [4.78, 5) is 13.0. The Morgan fingerprint density at radius 3 is 2.61 bits per heavy atom. The average Bonchev–Trinajstić information content (AvgIpc) is 3.21. The molecule has 28 heavy (non-hydrogen) atoms. The summed E-state index contributed by atoms with van der Waals surface area (Å²) in [5, 5.41) is 11.9. The number of sulfonamides is 1. The summed E-state index contributed by atoms with van der Waals surface area (Å²) in [5.41, 5.74) is 0.195. The van der Waals surface area contributed by atoms with Crippen molar-refractivity contribution in [3.63, 3.8) is 0 Å². The van der Waals surface area contributed by atoms with E-state index in [0.29, 0.717) is 11.7 Å². The van der Waals surface area contributed by atoms with E-state index in [0.717, 1.165) is 25.8 Å². The number of hydrogen-bond donors (Lipinski definition) is 3. The molecule has 1 aromatic carbocycles. The number of nitrogens with two attached hydrogens (primary N) is 1. The summed E-state index contributed by atoms with van der Waals surface area (Å²) in [6.07, 6.45) is 9.32. The fourth-order valence-corrected chi connectivity index (χ4v) is 4.99. The van der Waals surface area contributed by atoms with Crippen LogP contribution < -0.4 is 20.5 Å². The van der Waals surface area contributed by atoms with Crippen molar-refractivity contribution < 1.29 is 17.9 Å². The van der Waals surface area contributed by atoms with Gasteiger partial charge in [-0.2, -0.15) is 0 Å². The molecule has 1 saturated heterocycles. The van der Waals surface area contributed by atoms with Crippen LogP contribution >= 0.6 is 0 Å². The number of carbonyl (C=O) groups excluding carboxylic acids is 1. The van der Waals surface area contributed by atoms with E-state index in [9.17, 15) is 13.2 Å². The van der Waals surface area contributed by atoms with E-state index in [2.05, 4.69) is 10.6 Å². The zero-order valence-corrected chi connectivity index (χ0v) is 17.3. The summed E-state index contributed by atoms with van der Waals surface area (Å²) >= 11 is 0. The quantitative estimate of drug-likeness (QED) is 0.639. The molecule has 8 heteroatoms. The zero-order chi connectivity index (χ0) is 20.1. The third kappa shape index (κ3) is 5.24. The van der Waals surface area contributed by atoms with E-state index in [4.69, 9.17) is 9.88 Å². The lowest BCUT2D eigenvalue weighted by Crippen LogP contribution is -2.48. The van der Waals surface area contributed by atoms with Gasteiger partial charge in [-0.1, -0.05) is 32.1 Å². The summed E-state index contributed by atoms with van der Waals surface area (Å²) < 4.78 is 28.7. The number of amides is 1. The fourth-order valence-electron chi connectivity index (χ4n) is 4.45. The Bertz CT molecular complexity index is 785. The molecule has 4 N–H and O–H groups in total. The van der Waals surface area contributed by atoms with Gasteiger partial charge in [0, 0.05) is 12.1 Å². The van der Waals surface area contributed by atoms with Crippen molar-refractivity contribution in [2.75, 3.05) is 13.7 Å². The van der Waals surface area contributed by atoms with E-state index >= 15 is 0 Å². The Kier molecular flexibility index (Phi) is 6.95. The molecular formula is C20H31N3O4S. The van der Waals surface area contributed by atoms with Gasteiger partial charge in [-0.15, -0.1) is 0 Å². The molecule has 1 aliphatic carbocycles. The van der Waals surface area contributed by atoms with Crippen LogP contribution in [0.1, 0.15) is 61.7 Å². The van der Waals surface area contributed by atoms with Crippen LogP contribution in [-0.4, -0.2) is 40.1 Å². The van der Waals surface area contributed by atoms with Gasteiger partial charge in [-0.05, 0) is 49.9 Å². The van der Waals surface area contributed by atoms with Crippen LogP contribution in [0.25, 0.3) is 0 Å². The molecule has 1 saturated carbocycles. The molecule has 1 aliphatic heterocycles. The van der Waals surface area contributed by atoms with Crippen molar-refractivity contribution in [2.24, 2.45) is 11.1 Å². The minimum Gasteiger partial charge on any atom is -0.496 e. The van der Waals surface area contributed by atoms with E-state index in [1.807, 2.05) is 0 Å². The minimum absolute atomic E-state index is 0.0148. The topological polar surface area (TPSA) is 111 Å². The maximum Gasteiger partial charge on any atom is 0.255 e. The van der Waals surface area contributed by atoms with E-state index in [-0.39, 0.29) is 28.4 Å². The van der Waals surface area contributed by atoms with Crippen molar-refractivity contribution in [3.8, 4) is 5.75 Å². The lowest BCUT2D eigenvalue weighted by atomic mass is 9.83. The molecule has 0 bridgehead atoms. The van der Waals surface area contributed by atoms with E-state index in [1.54, 1.807) is 0 Å². The van der Waals surface area contributed by atoms with Crippen LogP contribution in [0.3, 0.4) is 0 Å². The molecule has 0 spiro atoms. The lowest BCUT2D eigenvalue weighted by Gasteiger charge is -2.31. The van der Waals surface area contributed by atoms with E-state index < -0.39 is 10.0 Å². The summed E-state index contributed by atoms with van der Waals surface area (Å²) in [6, 6.07) is 4.38. The number of carbonyl (C=O) groups is 1. The molecule has 156 valence electrons. The molecule has 0 radical (unpaired) electrons. The van der Waals surface area contributed by atoms with Crippen LogP contribution in [0.4, 0.5) is 0 Å². The van der Waals surface area contributed by atoms with Crippen LogP contribution in [0.15, 0.2) is 23.1 Å². The highest BCUT2D eigenvalue weighted by molar-refractivity contribution is 7.89. The van der Waals surface area contributed by atoms with Crippen LogP contribution in [0.2, 0.25) is 0 Å². The van der Waals surface area contributed by atoms with Gasteiger partial charge >= 0.3 is 0 Å². The molecule has 1 aromatic rings. The Hall–Kier alpha value is -1.64. The highest BCUT2D eigenvalue weighted by Crippen LogP contribution is 2.30. The summed E-state index contributed by atoms with van der Waals surface area (Å²) in [5.74, 6) is 0.636. The number of rotatable bonds is 7. The smallest absolute Gasteiger partial charge is 0.255 e. The van der Waals surface area contributed by atoms with Crippen molar-refractivity contribution in [1.29, 1.82) is 0 Å². The second-order valence-electron chi connectivity index (χ2n) is 7.93. The molecule has 1 heterocycles. The number of hydrogen-bond acceptors (Lipinski definition) is 5. The van der Waals surface area contributed by atoms with E-state index in [1.165, 1.54) is 57.4 Å². The van der Waals surface area contributed by atoms with Crippen molar-refractivity contribution in [1.82, 2.24) is 10.6 Å². The van der Waals surface area contributed by atoms with Crippen LogP contribution in [-0.2, 0) is 10.0 Å². The van der Waals surface area contributed by atoms with Gasteiger partial charge in [0.25, 0.3) is 5.91 Å². The van der Waals surface area contributed by atoms with Crippen molar-refractivity contribution >= 4 is 15.9 Å². The standard InChI is InChI=1S/C20H31N3O4S/c1-27-19-10-9-15(28(21,25)26)13-16(19)20(24)23-18(17-8-5-11-22-17)12-14-6-3-2-4-7-14/h9-10,13-14,17-18,22H,2-8,11-12H2,1H3,(H,23,24)(H2,21,25,26). The first kappa shape index (κ1) is 21.1. The van der Waals surface area contributed by atoms with Crippen LogP contribution in [0.5, 0.6) is 5.75 Å². The van der Waals surface area contributed by atoms with Crippen LogP contribution in [0, 0.1) is 5.92 Å². The summed E-state index contributed by atoms with van der Waals surface area (Å²) in [7, 11) is -2.44. The second-order valence-corrected chi connectivity index (χ2v) is 9.49. The first-order valence-corrected chi connectivity index (χ1v) is 11.7. The lowest BCUT2D eigenvalue weighted by molar-refractivity contribution is 0.0915. The first-order chi connectivity index (χ1) is 13.4. The molecule has 2 fully saturated rings. The molecule has 1 amide bonds. The monoisotopic (exact) mass is 409 g/mol. The number of nitrogens with one attached hydrogen (secondary N) is 2. The second kappa shape index (κ2) is 9.24. The largest absolute Gasteiger partial charge is 0.496 e. The zero-order valence-electron chi connectivity index (χ0n) is 16.4. The van der Waals surface area contributed by atoms with Gasteiger partial charge in [0.2, 0.25) is 10.0 Å². The first-order valence-electron chi connectivity index (χ1n) is 10.1.